The molecule has 0 amide bonds. The quantitative estimate of drug-likeness (QED) is 0.645. The van der Waals surface area contributed by atoms with E-state index in [-0.39, 0.29) is 17.2 Å². The highest BCUT2D eigenvalue weighted by molar-refractivity contribution is 5.91. The third kappa shape index (κ3) is 5.36. The van der Waals surface area contributed by atoms with Gasteiger partial charge in [-0.3, -0.25) is 0 Å². The highest BCUT2D eigenvalue weighted by atomic mass is 16.4. The van der Waals surface area contributed by atoms with Crippen molar-refractivity contribution in [2.24, 2.45) is 5.92 Å². The van der Waals surface area contributed by atoms with Crippen LogP contribution in [-0.4, -0.2) is 16.2 Å². The summed E-state index contributed by atoms with van der Waals surface area (Å²) < 4.78 is 0. The highest BCUT2D eigenvalue weighted by Crippen LogP contribution is 2.34. The lowest BCUT2D eigenvalue weighted by Gasteiger charge is -2.17. The Kier molecular flexibility index (Phi) is 7.43. The fraction of sp³-hybridized carbons (Fsp3) is 0.632. The molecule has 0 spiro atoms. The minimum Gasteiger partial charge on any atom is -0.507 e. The predicted molar refractivity (Wildman–Crippen MR) is 90.8 cm³/mol. The monoisotopic (exact) mass is 306 g/mol. The molecule has 1 unspecified atom stereocenters. The molecule has 0 aliphatic heterocycles. The van der Waals surface area contributed by atoms with Gasteiger partial charge in [-0.1, -0.05) is 53.0 Å². The van der Waals surface area contributed by atoms with Gasteiger partial charge >= 0.3 is 5.97 Å². The second-order valence-electron chi connectivity index (χ2n) is 6.72. The normalized spacial score (nSPS) is 12.6. The molecule has 2 N–H and O–H groups in total. The molecule has 0 saturated heterocycles. The molecule has 0 bridgehead atoms. The molecule has 0 heterocycles. The second-order valence-corrected chi connectivity index (χ2v) is 6.72. The van der Waals surface area contributed by atoms with E-state index in [0.717, 1.165) is 49.7 Å². The van der Waals surface area contributed by atoms with Gasteiger partial charge < -0.3 is 10.2 Å². The average molecular weight is 306 g/mol. The lowest BCUT2D eigenvalue weighted by atomic mass is 9.90. The molecule has 3 heteroatoms. The Hall–Kier alpha value is -1.51. The van der Waals surface area contributed by atoms with E-state index in [9.17, 15) is 15.0 Å². The Bertz CT molecular complexity index is 492. The van der Waals surface area contributed by atoms with Gasteiger partial charge in [0, 0.05) is 0 Å². The first-order chi connectivity index (χ1) is 10.4. The van der Waals surface area contributed by atoms with Gasteiger partial charge in [-0.25, -0.2) is 4.79 Å². The molecule has 1 aromatic carbocycles. The number of rotatable bonds is 9. The zero-order valence-electron chi connectivity index (χ0n) is 14.4. The van der Waals surface area contributed by atoms with Crippen molar-refractivity contribution >= 4 is 5.97 Å². The Balaban J connectivity index is 3.02. The number of aryl methyl sites for hydroxylation is 1. The number of carboxylic acids is 1. The number of carbonyl (C=O) groups is 1. The van der Waals surface area contributed by atoms with E-state index in [0.29, 0.717) is 5.92 Å². The van der Waals surface area contributed by atoms with E-state index in [1.165, 1.54) is 0 Å². The van der Waals surface area contributed by atoms with Crippen molar-refractivity contribution in [1.29, 1.82) is 0 Å². The van der Waals surface area contributed by atoms with E-state index in [4.69, 9.17) is 0 Å². The average Bonchev–Trinajstić information content (AvgIpc) is 2.45. The Morgan fingerprint density at radius 2 is 1.82 bits per heavy atom. The third-order valence-electron chi connectivity index (χ3n) is 4.20. The van der Waals surface area contributed by atoms with Crippen LogP contribution in [0.4, 0.5) is 0 Å². The van der Waals surface area contributed by atoms with Gasteiger partial charge in [0.2, 0.25) is 0 Å². The standard InChI is InChI=1S/C19H30O3/c1-5-6-9-14(4)16-11-15(10-7-8-13(2)3)12-17(18(16)20)19(21)22/h11-14,20H,5-10H2,1-4H3,(H,21,22). The molecule has 0 saturated carbocycles. The minimum atomic E-state index is -1.05. The molecular weight excluding hydrogens is 276 g/mol. The van der Waals surface area contributed by atoms with Crippen LogP contribution < -0.4 is 0 Å². The van der Waals surface area contributed by atoms with Crippen molar-refractivity contribution in [3.05, 3.63) is 28.8 Å². The lowest BCUT2D eigenvalue weighted by Crippen LogP contribution is -2.04. The van der Waals surface area contributed by atoms with Gasteiger partial charge in [-0.15, -0.1) is 0 Å². The molecule has 0 aliphatic rings. The first-order valence-corrected chi connectivity index (χ1v) is 8.45. The molecule has 124 valence electrons. The van der Waals surface area contributed by atoms with Crippen LogP contribution in [0.15, 0.2) is 12.1 Å². The highest BCUT2D eigenvalue weighted by Gasteiger charge is 2.19. The molecule has 1 aromatic rings. The molecule has 22 heavy (non-hydrogen) atoms. The predicted octanol–water partition coefficient (Wildman–Crippen LogP) is 5.36. The topological polar surface area (TPSA) is 57.5 Å². The van der Waals surface area contributed by atoms with E-state index in [1.807, 2.05) is 6.07 Å². The molecular formula is C19H30O3. The van der Waals surface area contributed by atoms with Gasteiger partial charge in [0.1, 0.15) is 11.3 Å². The van der Waals surface area contributed by atoms with Crippen molar-refractivity contribution in [3.63, 3.8) is 0 Å². The van der Waals surface area contributed by atoms with Gasteiger partial charge in [0.05, 0.1) is 0 Å². The summed E-state index contributed by atoms with van der Waals surface area (Å²) in [6, 6.07) is 3.64. The summed E-state index contributed by atoms with van der Waals surface area (Å²) in [6.45, 7) is 8.58. The maximum absolute atomic E-state index is 11.4. The number of carboxylic acid groups (broad SMARTS) is 1. The van der Waals surface area contributed by atoms with Gasteiger partial charge in [0.25, 0.3) is 0 Å². The van der Waals surface area contributed by atoms with Crippen LogP contribution in [0.3, 0.4) is 0 Å². The van der Waals surface area contributed by atoms with Crippen molar-refractivity contribution in [2.75, 3.05) is 0 Å². The first-order valence-electron chi connectivity index (χ1n) is 8.45. The zero-order chi connectivity index (χ0) is 16.7. The zero-order valence-corrected chi connectivity index (χ0v) is 14.4. The van der Waals surface area contributed by atoms with Gasteiger partial charge in [-0.05, 0) is 48.3 Å². The van der Waals surface area contributed by atoms with Crippen LogP contribution in [0.25, 0.3) is 0 Å². The van der Waals surface area contributed by atoms with E-state index in [2.05, 4.69) is 27.7 Å². The maximum atomic E-state index is 11.4. The van der Waals surface area contributed by atoms with Crippen LogP contribution in [0.1, 0.15) is 87.2 Å². The number of unbranched alkanes of at least 4 members (excludes halogenated alkanes) is 1. The number of phenols is 1. The summed E-state index contributed by atoms with van der Waals surface area (Å²) in [4.78, 5) is 11.4. The molecule has 0 aromatic heterocycles. The van der Waals surface area contributed by atoms with Crippen LogP contribution in [0.2, 0.25) is 0 Å². The van der Waals surface area contributed by atoms with Crippen molar-refractivity contribution in [1.82, 2.24) is 0 Å². The van der Waals surface area contributed by atoms with Gasteiger partial charge in [-0.2, -0.15) is 0 Å². The van der Waals surface area contributed by atoms with Crippen LogP contribution >= 0.6 is 0 Å². The molecule has 0 aliphatic carbocycles. The first kappa shape index (κ1) is 18.5. The summed E-state index contributed by atoms with van der Waals surface area (Å²) in [5.41, 5.74) is 1.85. The third-order valence-corrected chi connectivity index (χ3v) is 4.20. The van der Waals surface area contributed by atoms with Crippen LogP contribution in [0.5, 0.6) is 5.75 Å². The Labute approximate surface area is 134 Å². The minimum absolute atomic E-state index is 0.0420. The molecule has 1 atom stereocenters. The number of hydrogen-bond acceptors (Lipinski definition) is 2. The smallest absolute Gasteiger partial charge is 0.339 e. The lowest BCUT2D eigenvalue weighted by molar-refractivity contribution is 0.0693. The number of aromatic hydroxyl groups is 1. The largest absolute Gasteiger partial charge is 0.507 e. The molecule has 0 fully saturated rings. The molecule has 0 radical (unpaired) electrons. The summed E-state index contributed by atoms with van der Waals surface area (Å²) in [6.07, 6.45) is 6.20. The van der Waals surface area contributed by atoms with Crippen molar-refractivity contribution in [2.45, 2.75) is 72.1 Å². The van der Waals surface area contributed by atoms with Crippen LogP contribution in [-0.2, 0) is 6.42 Å². The summed E-state index contributed by atoms with van der Waals surface area (Å²) in [7, 11) is 0. The maximum Gasteiger partial charge on any atom is 0.339 e. The van der Waals surface area contributed by atoms with Gasteiger partial charge in [0.15, 0.2) is 0 Å². The van der Waals surface area contributed by atoms with E-state index < -0.39 is 5.97 Å². The number of benzene rings is 1. The fourth-order valence-corrected chi connectivity index (χ4v) is 2.78. The second kappa shape index (κ2) is 8.82. The number of aromatic carboxylic acids is 1. The fourth-order valence-electron chi connectivity index (χ4n) is 2.78. The Morgan fingerprint density at radius 1 is 1.14 bits per heavy atom. The summed E-state index contributed by atoms with van der Waals surface area (Å²) in [5, 5.41) is 19.6. The Morgan fingerprint density at radius 3 is 2.36 bits per heavy atom. The van der Waals surface area contributed by atoms with Crippen molar-refractivity contribution in [3.8, 4) is 5.75 Å². The van der Waals surface area contributed by atoms with E-state index in [1.54, 1.807) is 6.07 Å². The molecule has 3 nitrogen and oxygen atoms in total. The van der Waals surface area contributed by atoms with Crippen molar-refractivity contribution < 1.29 is 15.0 Å². The van der Waals surface area contributed by atoms with Crippen LogP contribution in [0, 0.1) is 5.92 Å². The SMILES string of the molecule is CCCCC(C)c1cc(CCCC(C)C)cc(C(=O)O)c1O. The number of hydrogen-bond donors (Lipinski definition) is 2. The van der Waals surface area contributed by atoms with E-state index >= 15 is 0 Å². The molecule has 1 rings (SSSR count). The summed E-state index contributed by atoms with van der Waals surface area (Å²) >= 11 is 0. The summed E-state index contributed by atoms with van der Waals surface area (Å²) in [5.74, 6) is -0.266.